The van der Waals surface area contributed by atoms with Crippen LogP contribution in [-0.4, -0.2) is 27.5 Å². The minimum Gasteiger partial charge on any atom is -0.371 e. The van der Waals surface area contributed by atoms with E-state index in [9.17, 15) is 9.59 Å². The van der Waals surface area contributed by atoms with Gasteiger partial charge in [-0.15, -0.1) is 0 Å². The number of fused-ring (bicyclic) bond motifs is 1. The molecule has 6 rings (SSSR count). The molecule has 4 aromatic rings. The van der Waals surface area contributed by atoms with Gasteiger partial charge < -0.3 is 20.4 Å². The van der Waals surface area contributed by atoms with Crippen LogP contribution in [0.2, 0.25) is 0 Å². The van der Waals surface area contributed by atoms with Crippen molar-refractivity contribution in [2.75, 3.05) is 17.2 Å². The third kappa shape index (κ3) is 5.72. The Hall–Kier alpha value is -4.11. The number of aromatic amines is 1. The molecule has 2 aliphatic rings. The maximum Gasteiger partial charge on any atom is 0.259 e. The molecule has 41 heavy (non-hydrogen) atoms. The Morgan fingerprint density at radius 2 is 1.93 bits per heavy atom. The van der Waals surface area contributed by atoms with Gasteiger partial charge in [-0.3, -0.25) is 9.59 Å². The van der Waals surface area contributed by atoms with Gasteiger partial charge in [-0.2, -0.15) is 0 Å². The van der Waals surface area contributed by atoms with Gasteiger partial charge in [0, 0.05) is 41.7 Å². The second-order valence-corrected chi connectivity index (χ2v) is 11.2. The zero-order chi connectivity index (χ0) is 28.4. The standard InChI is InChI=1S/C32H34FN5O3/c1-32(14-5-6-16-41-32)21-9-12-28(35-19-21)38-27-18-26(37-25-13-15-34-31(40)29(25)27)23-11-10-22(17-24(23)33)36-30(39)20-7-3-2-4-8-20/h9-13,15,17-20H,2-8,14,16H2,1H3,(H,34,40)(H,36,39)(H,35,37,38). The second-order valence-electron chi connectivity index (χ2n) is 11.2. The maximum atomic E-state index is 15.4. The minimum absolute atomic E-state index is 0.0268. The fraction of sp³-hybridized carbons (Fsp3) is 0.375. The van der Waals surface area contributed by atoms with Gasteiger partial charge in [0.15, 0.2) is 0 Å². The van der Waals surface area contributed by atoms with Crippen LogP contribution in [0.4, 0.5) is 21.6 Å². The fourth-order valence-corrected chi connectivity index (χ4v) is 5.92. The number of H-pyrrole nitrogens is 1. The van der Waals surface area contributed by atoms with Crippen molar-refractivity contribution in [3.63, 3.8) is 0 Å². The van der Waals surface area contributed by atoms with Gasteiger partial charge in [0.2, 0.25) is 5.91 Å². The highest BCUT2D eigenvalue weighted by Gasteiger charge is 2.30. The van der Waals surface area contributed by atoms with E-state index in [4.69, 9.17) is 4.74 Å². The Morgan fingerprint density at radius 3 is 2.66 bits per heavy atom. The lowest BCUT2D eigenvalue weighted by Crippen LogP contribution is -2.30. The molecular weight excluding hydrogens is 521 g/mol. The molecule has 3 N–H and O–H groups in total. The molecule has 212 valence electrons. The van der Waals surface area contributed by atoms with Crippen molar-refractivity contribution in [2.45, 2.75) is 63.9 Å². The highest BCUT2D eigenvalue weighted by molar-refractivity contribution is 5.95. The molecule has 1 saturated heterocycles. The van der Waals surface area contributed by atoms with Crippen LogP contribution in [-0.2, 0) is 15.1 Å². The van der Waals surface area contributed by atoms with E-state index in [0.717, 1.165) is 63.5 Å². The van der Waals surface area contributed by atoms with Gasteiger partial charge in [0.1, 0.15) is 11.6 Å². The van der Waals surface area contributed by atoms with Crippen molar-refractivity contribution >= 4 is 34.0 Å². The van der Waals surface area contributed by atoms with Crippen LogP contribution >= 0.6 is 0 Å². The number of nitrogens with zero attached hydrogens (tertiary/aromatic N) is 2. The number of hydrogen-bond donors (Lipinski definition) is 3. The summed E-state index contributed by atoms with van der Waals surface area (Å²) in [6.45, 7) is 2.81. The number of aromatic nitrogens is 3. The molecular formula is C32H34FN5O3. The number of pyridine rings is 3. The Bertz CT molecular complexity index is 1620. The zero-order valence-electron chi connectivity index (χ0n) is 23.1. The molecule has 4 heterocycles. The lowest BCUT2D eigenvalue weighted by Gasteiger charge is -2.34. The van der Waals surface area contributed by atoms with Crippen LogP contribution in [0, 0.1) is 11.7 Å². The van der Waals surface area contributed by atoms with Crippen LogP contribution in [0.3, 0.4) is 0 Å². The van der Waals surface area contributed by atoms with Gasteiger partial charge in [-0.1, -0.05) is 25.3 Å². The SMILES string of the molecule is CC1(c2ccc(Nc3cc(-c4ccc(NC(=O)C5CCCCC5)cc4F)nc4cc[nH]c(=O)c34)nc2)CCCCO1. The Kier molecular flexibility index (Phi) is 7.53. The number of carbonyl (C=O) groups excluding carboxylic acids is 1. The number of halogens is 1. The number of amides is 1. The lowest BCUT2D eigenvalue weighted by atomic mass is 9.88. The molecule has 1 saturated carbocycles. The summed E-state index contributed by atoms with van der Waals surface area (Å²) in [4.78, 5) is 37.3. The molecule has 0 bridgehead atoms. The molecule has 1 aliphatic carbocycles. The molecule has 8 nitrogen and oxygen atoms in total. The van der Waals surface area contributed by atoms with Crippen molar-refractivity contribution in [1.82, 2.24) is 15.0 Å². The number of benzene rings is 1. The van der Waals surface area contributed by atoms with Crippen LogP contribution < -0.4 is 16.2 Å². The molecule has 1 unspecified atom stereocenters. The van der Waals surface area contributed by atoms with Crippen LogP contribution in [0.25, 0.3) is 22.2 Å². The molecule has 1 aliphatic heterocycles. The van der Waals surface area contributed by atoms with Gasteiger partial charge in [0.05, 0.1) is 27.9 Å². The third-order valence-electron chi connectivity index (χ3n) is 8.32. The van der Waals surface area contributed by atoms with Crippen LogP contribution in [0.1, 0.15) is 63.9 Å². The normalized spacial score (nSPS) is 19.7. The summed E-state index contributed by atoms with van der Waals surface area (Å²) in [6, 6.07) is 11.8. The first-order valence-corrected chi connectivity index (χ1v) is 14.4. The summed E-state index contributed by atoms with van der Waals surface area (Å²) in [5.41, 5.74) is 2.23. The first-order valence-electron chi connectivity index (χ1n) is 14.4. The van der Waals surface area contributed by atoms with Gasteiger partial charge >= 0.3 is 0 Å². The number of rotatable bonds is 6. The van der Waals surface area contributed by atoms with E-state index in [1.54, 1.807) is 30.5 Å². The number of ether oxygens (including phenoxy) is 1. The quantitative estimate of drug-likeness (QED) is 0.241. The molecule has 3 aromatic heterocycles. The molecule has 2 fully saturated rings. The van der Waals surface area contributed by atoms with Crippen molar-refractivity contribution < 1.29 is 13.9 Å². The van der Waals surface area contributed by atoms with Crippen molar-refractivity contribution in [3.05, 3.63) is 76.6 Å². The zero-order valence-corrected chi connectivity index (χ0v) is 23.1. The topological polar surface area (TPSA) is 109 Å². The highest BCUT2D eigenvalue weighted by atomic mass is 19.1. The maximum absolute atomic E-state index is 15.4. The Labute approximate surface area is 237 Å². The van der Waals surface area contributed by atoms with Gasteiger partial charge in [-0.25, -0.2) is 14.4 Å². The first-order chi connectivity index (χ1) is 19.9. The average molecular weight is 556 g/mol. The van der Waals surface area contributed by atoms with E-state index in [1.807, 2.05) is 12.1 Å². The minimum atomic E-state index is -0.516. The summed E-state index contributed by atoms with van der Waals surface area (Å²) in [5.74, 6) is -0.0663. The Morgan fingerprint density at radius 1 is 1.07 bits per heavy atom. The van der Waals surface area contributed by atoms with Crippen LogP contribution in [0.15, 0.2) is 59.7 Å². The van der Waals surface area contributed by atoms with E-state index in [0.29, 0.717) is 33.8 Å². The molecule has 0 spiro atoms. The van der Waals surface area contributed by atoms with Crippen molar-refractivity contribution in [1.29, 1.82) is 0 Å². The second kappa shape index (κ2) is 11.4. The van der Waals surface area contributed by atoms with Gasteiger partial charge in [0.25, 0.3) is 5.56 Å². The summed E-state index contributed by atoms with van der Waals surface area (Å²) in [7, 11) is 0. The van der Waals surface area contributed by atoms with E-state index in [2.05, 4.69) is 32.5 Å². The van der Waals surface area contributed by atoms with Crippen LogP contribution in [0.5, 0.6) is 0 Å². The smallest absolute Gasteiger partial charge is 0.259 e. The number of hydrogen-bond acceptors (Lipinski definition) is 6. The average Bonchev–Trinajstić information content (AvgIpc) is 2.98. The fourth-order valence-electron chi connectivity index (χ4n) is 5.92. The molecule has 1 aromatic carbocycles. The molecule has 1 amide bonds. The van der Waals surface area contributed by atoms with E-state index < -0.39 is 5.82 Å². The van der Waals surface area contributed by atoms with Crippen molar-refractivity contribution in [3.8, 4) is 11.3 Å². The molecule has 9 heteroatoms. The van der Waals surface area contributed by atoms with E-state index in [1.165, 1.54) is 12.3 Å². The van der Waals surface area contributed by atoms with Crippen molar-refractivity contribution in [2.24, 2.45) is 5.92 Å². The predicted octanol–water partition coefficient (Wildman–Crippen LogP) is 6.80. The first kappa shape index (κ1) is 27.1. The molecule has 1 atom stereocenters. The van der Waals surface area contributed by atoms with Gasteiger partial charge in [-0.05, 0) is 75.4 Å². The Balaban J connectivity index is 1.29. The summed E-state index contributed by atoms with van der Waals surface area (Å²) < 4.78 is 21.5. The summed E-state index contributed by atoms with van der Waals surface area (Å²) in [6.07, 6.45) is 11.4. The largest absolute Gasteiger partial charge is 0.371 e. The summed E-state index contributed by atoms with van der Waals surface area (Å²) in [5, 5.41) is 6.46. The predicted molar refractivity (Wildman–Crippen MR) is 158 cm³/mol. The molecule has 0 radical (unpaired) electrons. The third-order valence-corrected chi connectivity index (χ3v) is 8.32. The highest BCUT2D eigenvalue weighted by Crippen LogP contribution is 2.35. The number of anilines is 3. The summed E-state index contributed by atoms with van der Waals surface area (Å²) >= 11 is 0. The van der Waals surface area contributed by atoms with E-state index in [-0.39, 0.29) is 28.5 Å². The van der Waals surface area contributed by atoms with E-state index >= 15 is 4.39 Å². The number of carbonyl (C=O) groups is 1. The monoisotopic (exact) mass is 555 g/mol. The number of nitrogens with one attached hydrogen (secondary N) is 3. The lowest BCUT2D eigenvalue weighted by molar-refractivity contribution is -0.120.